The molecule has 5 nitrogen and oxygen atoms in total. The quantitative estimate of drug-likeness (QED) is 0.787. The second-order valence-corrected chi connectivity index (χ2v) is 4.94. The Morgan fingerprint density at radius 2 is 1.90 bits per heavy atom. The molecule has 5 heteroatoms. The molecule has 0 radical (unpaired) electrons. The summed E-state index contributed by atoms with van der Waals surface area (Å²) in [6, 6.07) is 10.3. The van der Waals surface area contributed by atoms with Crippen molar-refractivity contribution in [1.29, 1.82) is 0 Å². The topological polar surface area (TPSA) is 101 Å². The summed E-state index contributed by atoms with van der Waals surface area (Å²) in [4.78, 5) is 22.0. The Labute approximate surface area is 115 Å². The average molecular weight is 273 g/mol. The van der Waals surface area contributed by atoms with Gasteiger partial charge in [-0.1, -0.05) is 36.4 Å². The van der Waals surface area contributed by atoms with Gasteiger partial charge in [-0.3, -0.25) is 4.79 Å². The Morgan fingerprint density at radius 3 is 2.50 bits per heavy atom. The Balaban J connectivity index is 2.60. The van der Waals surface area contributed by atoms with Crippen LogP contribution in [0.3, 0.4) is 0 Å². The standard InChI is InChI=1S/C15H15NO4/c1-15(16,14(19)20)12-4-2-3-10-7-9(8-13(17)18)5-6-11(10)12/h2-7H,8,16H2,1H3,(H,17,18)(H,19,20)/t15-/m1/s1. The zero-order valence-electron chi connectivity index (χ0n) is 11.0. The van der Waals surface area contributed by atoms with E-state index in [1.54, 1.807) is 30.3 Å². The molecular weight excluding hydrogens is 258 g/mol. The maximum atomic E-state index is 11.3. The number of hydrogen-bond donors (Lipinski definition) is 3. The lowest BCUT2D eigenvalue weighted by molar-refractivity contribution is -0.143. The highest BCUT2D eigenvalue weighted by Gasteiger charge is 2.31. The minimum Gasteiger partial charge on any atom is -0.481 e. The molecule has 0 spiro atoms. The fourth-order valence-electron chi connectivity index (χ4n) is 2.19. The fourth-order valence-corrected chi connectivity index (χ4v) is 2.19. The van der Waals surface area contributed by atoms with Crippen LogP contribution in [0.25, 0.3) is 10.8 Å². The van der Waals surface area contributed by atoms with Crippen LogP contribution in [0.15, 0.2) is 36.4 Å². The normalized spacial score (nSPS) is 13.9. The summed E-state index contributed by atoms with van der Waals surface area (Å²) in [5.41, 5.74) is 5.55. The second kappa shape index (κ2) is 4.94. The molecule has 0 fully saturated rings. The Kier molecular flexibility index (Phi) is 3.46. The maximum absolute atomic E-state index is 11.3. The number of fused-ring (bicyclic) bond motifs is 1. The van der Waals surface area contributed by atoms with E-state index in [1.807, 2.05) is 6.07 Å². The number of rotatable bonds is 4. The van der Waals surface area contributed by atoms with Crippen LogP contribution >= 0.6 is 0 Å². The van der Waals surface area contributed by atoms with Crippen molar-refractivity contribution in [2.24, 2.45) is 5.73 Å². The Morgan fingerprint density at radius 1 is 1.20 bits per heavy atom. The van der Waals surface area contributed by atoms with Gasteiger partial charge >= 0.3 is 11.9 Å². The first-order valence-corrected chi connectivity index (χ1v) is 6.08. The van der Waals surface area contributed by atoms with E-state index in [9.17, 15) is 14.7 Å². The smallest absolute Gasteiger partial charge is 0.328 e. The summed E-state index contributed by atoms with van der Waals surface area (Å²) < 4.78 is 0. The molecule has 20 heavy (non-hydrogen) atoms. The molecule has 1 atom stereocenters. The molecule has 0 aromatic heterocycles. The number of carbonyl (C=O) groups is 2. The lowest BCUT2D eigenvalue weighted by atomic mass is 9.88. The van der Waals surface area contributed by atoms with E-state index < -0.39 is 17.5 Å². The number of benzene rings is 2. The molecule has 0 aliphatic heterocycles. The molecule has 2 aromatic carbocycles. The van der Waals surface area contributed by atoms with Crippen molar-refractivity contribution >= 4 is 22.7 Å². The fraction of sp³-hybridized carbons (Fsp3) is 0.200. The summed E-state index contributed by atoms with van der Waals surface area (Å²) in [6.45, 7) is 1.44. The van der Waals surface area contributed by atoms with Crippen molar-refractivity contribution in [3.63, 3.8) is 0 Å². The molecule has 2 rings (SSSR count). The maximum Gasteiger partial charge on any atom is 0.328 e. The molecule has 2 aromatic rings. The Bertz CT molecular complexity index is 691. The molecule has 0 aliphatic rings. The number of carboxylic acids is 2. The average Bonchev–Trinajstić information content (AvgIpc) is 2.36. The minimum atomic E-state index is -1.49. The first kappa shape index (κ1) is 14.0. The number of nitrogens with two attached hydrogens (primary N) is 1. The first-order valence-electron chi connectivity index (χ1n) is 6.08. The van der Waals surface area contributed by atoms with Gasteiger partial charge in [-0.15, -0.1) is 0 Å². The largest absolute Gasteiger partial charge is 0.481 e. The van der Waals surface area contributed by atoms with Gasteiger partial charge in [0, 0.05) is 0 Å². The van der Waals surface area contributed by atoms with Crippen molar-refractivity contribution in [2.75, 3.05) is 0 Å². The van der Waals surface area contributed by atoms with Crippen molar-refractivity contribution in [1.82, 2.24) is 0 Å². The van der Waals surface area contributed by atoms with Gasteiger partial charge in [0.25, 0.3) is 0 Å². The molecule has 0 bridgehead atoms. The van der Waals surface area contributed by atoms with Gasteiger partial charge in [-0.25, -0.2) is 4.79 Å². The summed E-state index contributed by atoms with van der Waals surface area (Å²) >= 11 is 0. The number of hydrogen-bond acceptors (Lipinski definition) is 3. The van der Waals surface area contributed by atoms with Crippen LogP contribution in [0.1, 0.15) is 18.1 Å². The van der Waals surface area contributed by atoms with E-state index >= 15 is 0 Å². The van der Waals surface area contributed by atoms with E-state index in [0.29, 0.717) is 16.5 Å². The van der Waals surface area contributed by atoms with Crippen LogP contribution in [0.4, 0.5) is 0 Å². The second-order valence-electron chi connectivity index (χ2n) is 4.94. The highest BCUT2D eigenvalue weighted by Crippen LogP contribution is 2.28. The predicted octanol–water partition coefficient (Wildman–Crippen LogP) is 1.73. The lowest BCUT2D eigenvalue weighted by Gasteiger charge is -2.21. The van der Waals surface area contributed by atoms with Crippen LogP contribution in [0, 0.1) is 0 Å². The molecule has 0 saturated heterocycles. The molecular formula is C15H15NO4. The SMILES string of the molecule is C[C@](N)(C(=O)O)c1cccc2cc(CC(=O)O)ccc12. The molecule has 0 saturated carbocycles. The van der Waals surface area contributed by atoms with E-state index in [1.165, 1.54) is 6.92 Å². The van der Waals surface area contributed by atoms with Crippen molar-refractivity contribution in [3.8, 4) is 0 Å². The molecule has 4 N–H and O–H groups in total. The third kappa shape index (κ3) is 2.48. The zero-order chi connectivity index (χ0) is 14.9. The van der Waals surface area contributed by atoms with Crippen molar-refractivity contribution in [2.45, 2.75) is 18.9 Å². The molecule has 104 valence electrons. The summed E-state index contributed by atoms with van der Waals surface area (Å²) in [5, 5.41) is 19.5. The van der Waals surface area contributed by atoms with Crippen LogP contribution in [-0.2, 0) is 21.5 Å². The van der Waals surface area contributed by atoms with Gasteiger partial charge in [0.1, 0.15) is 5.54 Å². The Hall–Kier alpha value is -2.40. The first-order chi connectivity index (χ1) is 9.32. The third-order valence-electron chi connectivity index (χ3n) is 3.30. The van der Waals surface area contributed by atoms with Crippen LogP contribution in [0.2, 0.25) is 0 Å². The summed E-state index contributed by atoms with van der Waals surface area (Å²) in [6.07, 6.45) is -0.0704. The molecule has 0 unspecified atom stereocenters. The van der Waals surface area contributed by atoms with Gasteiger partial charge in [-0.2, -0.15) is 0 Å². The highest BCUT2D eigenvalue weighted by atomic mass is 16.4. The predicted molar refractivity (Wildman–Crippen MR) is 74.5 cm³/mol. The van der Waals surface area contributed by atoms with Crippen LogP contribution in [-0.4, -0.2) is 22.2 Å². The molecule has 0 heterocycles. The van der Waals surface area contributed by atoms with Gasteiger partial charge < -0.3 is 15.9 Å². The van der Waals surface area contributed by atoms with Gasteiger partial charge in [0.2, 0.25) is 0 Å². The van der Waals surface area contributed by atoms with E-state index in [2.05, 4.69) is 0 Å². The van der Waals surface area contributed by atoms with Gasteiger partial charge in [0.15, 0.2) is 0 Å². The lowest BCUT2D eigenvalue weighted by Crippen LogP contribution is -2.41. The van der Waals surface area contributed by atoms with E-state index in [4.69, 9.17) is 10.8 Å². The van der Waals surface area contributed by atoms with E-state index in [-0.39, 0.29) is 6.42 Å². The van der Waals surface area contributed by atoms with Crippen LogP contribution < -0.4 is 5.73 Å². The van der Waals surface area contributed by atoms with Crippen molar-refractivity contribution < 1.29 is 19.8 Å². The summed E-state index contributed by atoms with van der Waals surface area (Å²) in [5.74, 6) is -2.02. The van der Waals surface area contributed by atoms with Gasteiger partial charge in [0.05, 0.1) is 6.42 Å². The van der Waals surface area contributed by atoms with Crippen molar-refractivity contribution in [3.05, 3.63) is 47.5 Å². The molecule has 0 aliphatic carbocycles. The third-order valence-corrected chi connectivity index (χ3v) is 3.30. The van der Waals surface area contributed by atoms with Gasteiger partial charge in [-0.05, 0) is 28.8 Å². The monoisotopic (exact) mass is 273 g/mol. The zero-order valence-corrected chi connectivity index (χ0v) is 11.0. The molecule has 0 amide bonds. The van der Waals surface area contributed by atoms with Crippen LogP contribution in [0.5, 0.6) is 0 Å². The number of carboxylic acid groups (broad SMARTS) is 2. The van der Waals surface area contributed by atoms with E-state index in [0.717, 1.165) is 5.39 Å². The number of aliphatic carboxylic acids is 2. The highest BCUT2D eigenvalue weighted by molar-refractivity contribution is 5.93. The minimum absolute atomic E-state index is 0.0704. The summed E-state index contributed by atoms with van der Waals surface area (Å²) in [7, 11) is 0.